The number of hydrazone groups is 1. The summed E-state index contributed by atoms with van der Waals surface area (Å²) in [6.07, 6.45) is 4.92. The Morgan fingerprint density at radius 3 is 2.36 bits per heavy atom. The van der Waals surface area contributed by atoms with Crippen molar-refractivity contribution in [2.75, 3.05) is 11.6 Å². The molecule has 0 radical (unpaired) electrons. The lowest BCUT2D eigenvalue weighted by molar-refractivity contribution is -0.137. The van der Waals surface area contributed by atoms with E-state index >= 15 is 0 Å². The van der Waals surface area contributed by atoms with Crippen LogP contribution in [0.4, 0.5) is 5.69 Å². The van der Waals surface area contributed by atoms with Crippen molar-refractivity contribution < 1.29 is 14.7 Å². The lowest BCUT2D eigenvalue weighted by Crippen LogP contribution is -2.29. The van der Waals surface area contributed by atoms with Gasteiger partial charge in [-0.1, -0.05) is 103 Å². The molecule has 0 spiro atoms. The summed E-state index contributed by atoms with van der Waals surface area (Å²) < 4.78 is 0.548. The van der Waals surface area contributed by atoms with Gasteiger partial charge in [0.2, 0.25) is 0 Å². The summed E-state index contributed by atoms with van der Waals surface area (Å²) in [6, 6.07) is 28.9. The van der Waals surface area contributed by atoms with Gasteiger partial charge in [-0.05, 0) is 47.7 Å². The van der Waals surface area contributed by atoms with E-state index in [9.17, 15) is 9.59 Å². The molecular formula is C31H29N3O3S2. The summed E-state index contributed by atoms with van der Waals surface area (Å²) in [6.45, 7) is 0.512. The van der Waals surface area contributed by atoms with E-state index in [1.54, 1.807) is 4.90 Å². The molecule has 5 rings (SSSR count). The third kappa shape index (κ3) is 6.46. The first kappa shape index (κ1) is 26.8. The number of aliphatic carboxylic acids is 1. The Morgan fingerprint density at radius 1 is 0.974 bits per heavy atom. The molecule has 1 unspecified atom stereocenters. The zero-order valence-corrected chi connectivity index (χ0v) is 23.0. The van der Waals surface area contributed by atoms with Crippen LogP contribution in [-0.4, -0.2) is 38.5 Å². The molecule has 1 atom stereocenters. The Labute approximate surface area is 238 Å². The van der Waals surface area contributed by atoms with Gasteiger partial charge in [0, 0.05) is 19.4 Å². The maximum absolute atomic E-state index is 13.0. The molecule has 1 saturated heterocycles. The van der Waals surface area contributed by atoms with Gasteiger partial charge in [0.1, 0.15) is 4.32 Å². The predicted molar refractivity (Wildman–Crippen MR) is 162 cm³/mol. The lowest BCUT2D eigenvalue weighted by Gasteiger charge is -2.24. The molecule has 3 aromatic rings. The summed E-state index contributed by atoms with van der Waals surface area (Å²) in [5.41, 5.74) is 5.30. The minimum atomic E-state index is -0.793. The van der Waals surface area contributed by atoms with Crippen molar-refractivity contribution in [2.24, 2.45) is 5.10 Å². The van der Waals surface area contributed by atoms with E-state index in [-0.39, 0.29) is 18.4 Å². The molecule has 0 aliphatic carbocycles. The van der Waals surface area contributed by atoms with E-state index in [1.165, 1.54) is 17.3 Å². The molecule has 8 heteroatoms. The van der Waals surface area contributed by atoms with Gasteiger partial charge in [0.05, 0.1) is 22.3 Å². The van der Waals surface area contributed by atoms with Crippen LogP contribution < -0.4 is 5.01 Å². The Bertz CT molecular complexity index is 1410. The summed E-state index contributed by atoms with van der Waals surface area (Å²) in [7, 11) is 0. The number of hydrogen-bond acceptors (Lipinski definition) is 6. The number of thioether (sulfide) groups is 1. The molecule has 6 nitrogen and oxygen atoms in total. The average Bonchev–Trinajstić information content (AvgIpc) is 3.51. The minimum absolute atomic E-state index is 0.0897. The first-order chi connectivity index (χ1) is 19.0. The molecule has 2 aliphatic rings. The molecule has 2 aliphatic heterocycles. The number of carboxylic acid groups (broad SMARTS) is 1. The number of rotatable bonds is 10. The fourth-order valence-corrected chi connectivity index (χ4v) is 6.09. The summed E-state index contributed by atoms with van der Waals surface area (Å²) in [4.78, 5) is 25.9. The van der Waals surface area contributed by atoms with Gasteiger partial charge in [-0.25, -0.2) is 0 Å². The van der Waals surface area contributed by atoms with E-state index in [1.807, 2.05) is 54.6 Å². The number of hydrogen-bond donors (Lipinski definition) is 1. The number of nitrogens with zero attached hydrogens (tertiary/aromatic N) is 3. The molecule has 0 bridgehead atoms. The second-order valence-electron chi connectivity index (χ2n) is 9.52. The lowest BCUT2D eigenvalue weighted by atomic mass is 9.98. The fourth-order valence-electron chi connectivity index (χ4n) is 4.78. The van der Waals surface area contributed by atoms with Crippen LogP contribution in [0.15, 0.2) is 94.9 Å². The average molecular weight is 556 g/mol. The van der Waals surface area contributed by atoms with Crippen LogP contribution in [0.25, 0.3) is 6.08 Å². The molecule has 2 heterocycles. The van der Waals surface area contributed by atoms with Crippen LogP contribution >= 0.6 is 24.0 Å². The Hall–Kier alpha value is -3.75. The molecule has 3 aromatic carbocycles. The van der Waals surface area contributed by atoms with Gasteiger partial charge in [-0.15, -0.1) is 0 Å². The van der Waals surface area contributed by atoms with Crippen LogP contribution in [-0.2, 0) is 9.59 Å². The molecule has 1 fully saturated rings. The smallest absolute Gasteiger partial charge is 0.303 e. The molecule has 0 saturated carbocycles. The van der Waals surface area contributed by atoms with Gasteiger partial charge >= 0.3 is 5.97 Å². The number of carbonyl (C=O) groups is 2. The minimum Gasteiger partial charge on any atom is -0.481 e. The third-order valence-electron chi connectivity index (χ3n) is 6.80. The monoisotopic (exact) mass is 555 g/mol. The highest BCUT2D eigenvalue weighted by molar-refractivity contribution is 8.26. The predicted octanol–water partition coefficient (Wildman–Crippen LogP) is 6.89. The molecule has 198 valence electrons. The van der Waals surface area contributed by atoms with Gasteiger partial charge in [-0.3, -0.25) is 19.5 Å². The van der Waals surface area contributed by atoms with Crippen molar-refractivity contribution in [1.82, 2.24) is 4.90 Å². The second-order valence-corrected chi connectivity index (χ2v) is 11.2. The number of carbonyl (C=O) groups excluding carboxylic acids is 1. The maximum atomic E-state index is 13.0. The summed E-state index contributed by atoms with van der Waals surface area (Å²) in [5, 5.41) is 15.9. The molecular weight excluding hydrogens is 526 g/mol. The highest BCUT2D eigenvalue weighted by Gasteiger charge is 2.32. The van der Waals surface area contributed by atoms with E-state index < -0.39 is 5.97 Å². The normalized spacial score (nSPS) is 18.2. The highest BCUT2D eigenvalue weighted by Crippen LogP contribution is 2.37. The van der Waals surface area contributed by atoms with Crippen LogP contribution in [0.5, 0.6) is 0 Å². The zero-order chi connectivity index (χ0) is 27.2. The van der Waals surface area contributed by atoms with E-state index in [0.29, 0.717) is 22.2 Å². The van der Waals surface area contributed by atoms with E-state index in [4.69, 9.17) is 22.4 Å². The largest absolute Gasteiger partial charge is 0.481 e. The van der Waals surface area contributed by atoms with Crippen molar-refractivity contribution in [2.45, 2.75) is 38.1 Å². The molecule has 39 heavy (non-hydrogen) atoms. The van der Waals surface area contributed by atoms with Crippen molar-refractivity contribution in [3.05, 3.63) is 107 Å². The molecule has 1 N–H and O–H groups in total. The molecule has 0 aromatic heterocycles. The number of thiocarbonyl (C=S) groups is 1. The van der Waals surface area contributed by atoms with Crippen molar-refractivity contribution in [1.29, 1.82) is 0 Å². The van der Waals surface area contributed by atoms with E-state index in [0.717, 1.165) is 41.8 Å². The van der Waals surface area contributed by atoms with Gasteiger partial charge < -0.3 is 5.11 Å². The summed E-state index contributed by atoms with van der Waals surface area (Å²) >= 11 is 6.76. The first-order valence-electron chi connectivity index (χ1n) is 13.0. The SMILES string of the molecule is O=C(O)CCCCCN1C(=O)C(=Cc2ccc(N3N=C(c4ccccc4)CC3c3ccccc3)cc2)SC1=S. The van der Waals surface area contributed by atoms with Gasteiger partial charge in [0.25, 0.3) is 5.91 Å². The van der Waals surface area contributed by atoms with Crippen LogP contribution in [0.3, 0.4) is 0 Å². The van der Waals surface area contributed by atoms with Crippen molar-refractivity contribution >= 4 is 57.7 Å². The highest BCUT2D eigenvalue weighted by atomic mass is 32.2. The van der Waals surface area contributed by atoms with Gasteiger partial charge in [0.15, 0.2) is 0 Å². The van der Waals surface area contributed by atoms with E-state index in [2.05, 4.69) is 41.4 Å². The second kappa shape index (κ2) is 12.4. The Morgan fingerprint density at radius 2 is 1.67 bits per heavy atom. The molecule has 1 amide bonds. The van der Waals surface area contributed by atoms with Crippen molar-refractivity contribution in [3.63, 3.8) is 0 Å². The maximum Gasteiger partial charge on any atom is 0.303 e. The van der Waals surface area contributed by atoms with Crippen LogP contribution in [0.1, 0.15) is 54.8 Å². The fraction of sp³-hybridized carbons (Fsp3) is 0.226. The number of anilines is 1. The quantitative estimate of drug-likeness (QED) is 0.167. The number of unbranched alkanes of at least 4 members (excludes halogenated alkanes) is 2. The standard InChI is InChI=1S/C31H29N3O3S2/c35-29(36)14-8-3-9-19-33-30(37)28(39-31(33)38)20-22-15-17-25(18-16-22)34-27(24-12-6-2-7-13-24)21-26(32-34)23-10-4-1-5-11-23/h1-2,4-7,10-13,15-18,20,27H,3,8-9,14,19,21H2,(H,35,36). The first-order valence-corrected chi connectivity index (χ1v) is 14.3. The Kier molecular flexibility index (Phi) is 8.54. The Balaban J connectivity index is 1.30. The van der Waals surface area contributed by atoms with Crippen LogP contribution in [0.2, 0.25) is 0 Å². The van der Waals surface area contributed by atoms with Crippen molar-refractivity contribution in [3.8, 4) is 0 Å². The number of amides is 1. The third-order valence-corrected chi connectivity index (χ3v) is 8.18. The topological polar surface area (TPSA) is 73.2 Å². The van der Waals surface area contributed by atoms with Gasteiger partial charge in [-0.2, -0.15) is 5.10 Å². The number of benzene rings is 3. The summed E-state index contributed by atoms with van der Waals surface area (Å²) in [5.74, 6) is -0.883. The zero-order valence-electron chi connectivity index (χ0n) is 21.4. The number of carboxylic acids is 1. The van der Waals surface area contributed by atoms with Crippen LogP contribution in [0, 0.1) is 0 Å².